The molecule has 2 N–H and O–H groups in total. The number of ether oxygens (including phenoxy) is 1. The van der Waals surface area contributed by atoms with E-state index in [4.69, 9.17) is 10.5 Å². The lowest BCUT2D eigenvalue weighted by molar-refractivity contribution is -0.141. The molecule has 0 amide bonds. The molecule has 1 heterocycles. The zero-order valence-electron chi connectivity index (χ0n) is 10.8. The van der Waals surface area contributed by atoms with Crippen LogP contribution in [-0.2, 0) is 17.5 Å². The van der Waals surface area contributed by atoms with Crippen molar-refractivity contribution in [2.75, 3.05) is 7.11 Å². The monoisotopic (exact) mass is 282 g/mol. The topological polar surface area (TPSA) is 48.1 Å². The van der Waals surface area contributed by atoms with E-state index in [0.717, 1.165) is 11.3 Å². The molecule has 0 aliphatic carbocycles. The first kappa shape index (κ1) is 15.4. The molecular formula is C11H17F3N2OS. The first-order valence-corrected chi connectivity index (χ1v) is 6.22. The van der Waals surface area contributed by atoms with E-state index < -0.39 is 18.0 Å². The number of thiazole rings is 1. The van der Waals surface area contributed by atoms with Crippen LogP contribution in [0.15, 0.2) is 0 Å². The minimum Gasteiger partial charge on any atom is -0.374 e. The highest BCUT2D eigenvalue weighted by molar-refractivity contribution is 7.11. The number of hydrogen-bond acceptors (Lipinski definition) is 4. The zero-order valence-corrected chi connectivity index (χ0v) is 11.6. The molecule has 1 aromatic rings. The average Bonchev–Trinajstić information content (AvgIpc) is 2.59. The number of alkyl halides is 3. The van der Waals surface area contributed by atoms with Gasteiger partial charge in [-0.15, -0.1) is 11.3 Å². The van der Waals surface area contributed by atoms with Gasteiger partial charge in [-0.1, -0.05) is 20.8 Å². The van der Waals surface area contributed by atoms with Gasteiger partial charge in [0.15, 0.2) is 5.69 Å². The van der Waals surface area contributed by atoms with Crippen LogP contribution in [0.2, 0.25) is 0 Å². The van der Waals surface area contributed by atoms with Crippen LogP contribution in [0.25, 0.3) is 0 Å². The first-order valence-electron chi connectivity index (χ1n) is 5.41. The average molecular weight is 282 g/mol. The van der Waals surface area contributed by atoms with E-state index in [1.54, 1.807) is 0 Å². The number of aromatic nitrogens is 1. The summed E-state index contributed by atoms with van der Waals surface area (Å²) in [6, 6.07) is 0. The summed E-state index contributed by atoms with van der Waals surface area (Å²) in [5.41, 5.74) is 4.12. The predicted octanol–water partition coefficient (Wildman–Crippen LogP) is 3.35. The molecule has 3 nitrogen and oxygen atoms in total. The van der Waals surface area contributed by atoms with Crippen molar-refractivity contribution in [3.05, 3.63) is 15.6 Å². The second-order valence-corrected chi connectivity index (χ2v) is 6.12. The number of halogens is 3. The van der Waals surface area contributed by atoms with Gasteiger partial charge in [-0.25, -0.2) is 4.98 Å². The molecule has 1 aromatic heterocycles. The van der Waals surface area contributed by atoms with Crippen LogP contribution in [-0.4, -0.2) is 12.1 Å². The standard InChI is InChI=1S/C11H17F3N2OS/c1-10(2,3)8(17-4)9-16-7(11(12,13)14)6(5-15)18-9/h8H,5,15H2,1-4H3. The third kappa shape index (κ3) is 3.21. The Hall–Kier alpha value is -0.660. The number of nitrogens with zero attached hydrogens (tertiary/aromatic N) is 1. The highest BCUT2D eigenvalue weighted by atomic mass is 32.1. The van der Waals surface area contributed by atoms with Gasteiger partial charge in [0.25, 0.3) is 0 Å². The minimum atomic E-state index is -4.47. The van der Waals surface area contributed by atoms with E-state index in [-0.39, 0.29) is 16.8 Å². The van der Waals surface area contributed by atoms with Crippen molar-refractivity contribution < 1.29 is 17.9 Å². The van der Waals surface area contributed by atoms with E-state index in [0.29, 0.717) is 5.01 Å². The number of nitrogens with two attached hydrogens (primary N) is 1. The summed E-state index contributed by atoms with van der Waals surface area (Å²) in [6.07, 6.45) is -4.96. The largest absolute Gasteiger partial charge is 0.434 e. The third-order valence-corrected chi connectivity index (χ3v) is 3.54. The van der Waals surface area contributed by atoms with Crippen LogP contribution in [0.5, 0.6) is 0 Å². The van der Waals surface area contributed by atoms with Gasteiger partial charge < -0.3 is 10.5 Å². The lowest BCUT2D eigenvalue weighted by Gasteiger charge is -2.27. The van der Waals surface area contributed by atoms with Gasteiger partial charge in [0.1, 0.15) is 11.1 Å². The van der Waals surface area contributed by atoms with Gasteiger partial charge in [-0.2, -0.15) is 13.2 Å². The van der Waals surface area contributed by atoms with Crippen LogP contribution in [0.1, 0.15) is 42.5 Å². The Bertz CT molecular complexity index is 409. The summed E-state index contributed by atoms with van der Waals surface area (Å²) in [5, 5.41) is 0.317. The van der Waals surface area contributed by atoms with Crippen molar-refractivity contribution in [1.29, 1.82) is 0 Å². The van der Waals surface area contributed by atoms with E-state index in [1.807, 2.05) is 20.8 Å². The Morgan fingerprint density at radius 3 is 2.17 bits per heavy atom. The third-order valence-electron chi connectivity index (χ3n) is 2.41. The van der Waals surface area contributed by atoms with Gasteiger partial charge in [0, 0.05) is 13.7 Å². The fourth-order valence-corrected chi connectivity index (χ4v) is 2.95. The Labute approximate surface area is 108 Å². The molecule has 1 rings (SSSR count). The van der Waals surface area contributed by atoms with Crippen LogP contribution < -0.4 is 5.73 Å². The SMILES string of the molecule is COC(c1nc(C(F)(F)F)c(CN)s1)C(C)(C)C. The summed E-state index contributed by atoms with van der Waals surface area (Å²) >= 11 is 0.965. The van der Waals surface area contributed by atoms with Crippen molar-refractivity contribution in [3.8, 4) is 0 Å². The Kier molecular flexibility index (Phi) is 4.40. The Morgan fingerprint density at radius 2 is 1.89 bits per heavy atom. The summed E-state index contributed by atoms with van der Waals surface area (Å²) in [7, 11) is 1.46. The summed E-state index contributed by atoms with van der Waals surface area (Å²) in [6.45, 7) is 5.49. The van der Waals surface area contributed by atoms with Crippen molar-refractivity contribution >= 4 is 11.3 Å². The van der Waals surface area contributed by atoms with Gasteiger partial charge in [-0.3, -0.25) is 0 Å². The fraction of sp³-hybridized carbons (Fsp3) is 0.727. The van der Waals surface area contributed by atoms with Crippen LogP contribution in [0.3, 0.4) is 0 Å². The summed E-state index contributed by atoms with van der Waals surface area (Å²) < 4.78 is 43.5. The maximum absolute atomic E-state index is 12.8. The highest BCUT2D eigenvalue weighted by Gasteiger charge is 2.39. The van der Waals surface area contributed by atoms with Gasteiger partial charge in [0.2, 0.25) is 0 Å². The number of hydrogen-bond donors (Lipinski definition) is 1. The second kappa shape index (κ2) is 5.14. The quantitative estimate of drug-likeness (QED) is 0.924. The Morgan fingerprint density at radius 1 is 1.33 bits per heavy atom. The molecule has 0 fully saturated rings. The van der Waals surface area contributed by atoms with Gasteiger partial charge >= 0.3 is 6.18 Å². The van der Waals surface area contributed by atoms with Gasteiger partial charge in [0.05, 0.1) is 4.88 Å². The van der Waals surface area contributed by atoms with Crippen molar-refractivity contribution in [3.63, 3.8) is 0 Å². The molecule has 0 saturated heterocycles. The van der Waals surface area contributed by atoms with Crippen molar-refractivity contribution in [2.24, 2.45) is 11.1 Å². The molecule has 104 valence electrons. The maximum Gasteiger partial charge on any atom is 0.434 e. The highest BCUT2D eigenvalue weighted by Crippen LogP contribution is 2.41. The molecular weight excluding hydrogens is 265 g/mol. The number of methoxy groups -OCH3 is 1. The smallest absolute Gasteiger partial charge is 0.374 e. The molecule has 0 bridgehead atoms. The van der Waals surface area contributed by atoms with Crippen LogP contribution in [0, 0.1) is 5.41 Å². The summed E-state index contributed by atoms with van der Waals surface area (Å²) in [5.74, 6) is 0. The molecule has 7 heteroatoms. The van der Waals surface area contributed by atoms with E-state index in [1.165, 1.54) is 7.11 Å². The fourth-order valence-electron chi connectivity index (χ4n) is 1.67. The van der Waals surface area contributed by atoms with Crippen molar-refractivity contribution in [2.45, 2.75) is 39.6 Å². The second-order valence-electron chi connectivity index (χ2n) is 5.01. The molecule has 0 saturated carbocycles. The first-order chi connectivity index (χ1) is 8.11. The molecule has 18 heavy (non-hydrogen) atoms. The Balaban J connectivity index is 3.24. The van der Waals surface area contributed by atoms with Gasteiger partial charge in [-0.05, 0) is 5.41 Å². The van der Waals surface area contributed by atoms with E-state index >= 15 is 0 Å². The lowest BCUT2D eigenvalue weighted by Crippen LogP contribution is -2.20. The lowest BCUT2D eigenvalue weighted by atomic mass is 9.89. The van der Waals surface area contributed by atoms with E-state index in [9.17, 15) is 13.2 Å². The number of rotatable bonds is 3. The maximum atomic E-state index is 12.8. The normalized spacial score (nSPS) is 14.9. The van der Waals surface area contributed by atoms with Crippen LogP contribution in [0.4, 0.5) is 13.2 Å². The molecule has 0 aliphatic heterocycles. The molecule has 1 atom stereocenters. The molecule has 0 aliphatic rings. The summed E-state index contributed by atoms with van der Waals surface area (Å²) in [4.78, 5) is 3.72. The zero-order chi connectivity index (χ0) is 14.1. The molecule has 0 aromatic carbocycles. The molecule has 0 spiro atoms. The molecule has 1 unspecified atom stereocenters. The van der Waals surface area contributed by atoms with Crippen LogP contribution >= 0.6 is 11.3 Å². The minimum absolute atomic E-state index is 0.0452. The van der Waals surface area contributed by atoms with E-state index in [2.05, 4.69) is 4.98 Å². The molecule has 0 radical (unpaired) electrons. The predicted molar refractivity (Wildman–Crippen MR) is 64.2 cm³/mol. The van der Waals surface area contributed by atoms with Crippen molar-refractivity contribution in [1.82, 2.24) is 4.98 Å².